The first kappa shape index (κ1) is 26.5. The Bertz CT molecular complexity index is 661. The number of alkyl carbamates (subject to hydrolysis) is 1. The highest BCUT2D eigenvalue weighted by Crippen LogP contribution is 2.48. The lowest BCUT2D eigenvalue weighted by atomic mass is 9.93. The van der Waals surface area contributed by atoms with Gasteiger partial charge in [0.05, 0.1) is 12.6 Å². The highest BCUT2D eigenvalue weighted by Gasteiger charge is 2.68. The molecule has 2 aliphatic rings. The molecule has 5 atom stereocenters. The molecule has 0 saturated carbocycles. The largest absolute Gasteiger partial charge is 0.444 e. The highest BCUT2D eigenvalue weighted by atomic mass is 28.4. The number of amides is 1. The smallest absolute Gasteiger partial charge is 0.408 e. The van der Waals surface area contributed by atoms with Crippen molar-refractivity contribution in [1.82, 2.24) is 5.32 Å². The number of nitrogens with one attached hydrogen (secondary N) is 1. The zero-order chi connectivity index (χ0) is 24.0. The number of aliphatic hydroxyl groups excluding tert-OH is 1. The average molecular weight is 466 g/mol. The summed E-state index contributed by atoms with van der Waals surface area (Å²) in [6, 6.07) is -1.10. The van der Waals surface area contributed by atoms with Gasteiger partial charge in [-0.25, -0.2) is 9.18 Å². The molecule has 0 bridgehead atoms. The van der Waals surface area contributed by atoms with Crippen molar-refractivity contribution in [1.29, 1.82) is 0 Å². The van der Waals surface area contributed by atoms with E-state index in [0.717, 1.165) is 0 Å². The van der Waals surface area contributed by atoms with Gasteiger partial charge in [0.25, 0.3) is 0 Å². The topological polar surface area (TPSA) is 95.5 Å². The number of ether oxygens (including phenoxy) is 4. The van der Waals surface area contributed by atoms with E-state index < -0.39 is 62.6 Å². The van der Waals surface area contributed by atoms with Gasteiger partial charge in [0.2, 0.25) is 0 Å². The fourth-order valence-corrected chi connectivity index (χ4v) is 4.50. The normalized spacial score (nSPS) is 31.9. The molecule has 1 unspecified atom stereocenters. The molecule has 0 radical (unpaired) electrons. The number of carbonyl (C=O) groups is 1. The molecule has 0 aromatic rings. The first-order chi connectivity index (χ1) is 13.8. The van der Waals surface area contributed by atoms with Gasteiger partial charge < -0.3 is 33.8 Å². The van der Waals surface area contributed by atoms with Gasteiger partial charge in [0, 0.05) is 0 Å². The maximum Gasteiger partial charge on any atom is 0.408 e. The van der Waals surface area contributed by atoms with Crippen molar-refractivity contribution < 1.29 is 37.7 Å². The van der Waals surface area contributed by atoms with Crippen molar-refractivity contribution in [3.05, 3.63) is 0 Å². The summed E-state index contributed by atoms with van der Waals surface area (Å²) < 4.78 is 43.4. The van der Waals surface area contributed by atoms with Gasteiger partial charge in [0.1, 0.15) is 24.5 Å². The monoisotopic (exact) mass is 465 g/mol. The molecule has 0 aliphatic carbocycles. The van der Waals surface area contributed by atoms with E-state index in [2.05, 4.69) is 39.2 Å². The molecule has 2 aliphatic heterocycles. The van der Waals surface area contributed by atoms with Gasteiger partial charge in [-0.15, -0.1) is 0 Å². The second-order valence-electron chi connectivity index (χ2n) is 11.4. The number of hydrogen-bond donors (Lipinski definition) is 2. The Morgan fingerprint density at radius 3 is 2.29 bits per heavy atom. The van der Waals surface area contributed by atoms with Crippen molar-refractivity contribution >= 4 is 14.4 Å². The number of aliphatic hydroxyl groups is 1. The molecule has 182 valence electrons. The number of rotatable bonds is 6. The molecule has 1 amide bonds. The molecular formula is C21H40FNO7Si. The number of alkyl halides is 1. The lowest BCUT2D eigenvalue weighted by molar-refractivity contribution is -0.253. The summed E-state index contributed by atoms with van der Waals surface area (Å²) in [7, 11) is -2.19. The van der Waals surface area contributed by atoms with E-state index in [1.807, 2.05) is 0 Å². The number of carbonyl (C=O) groups excluding carboxylic acids is 1. The molecule has 2 fully saturated rings. The fraction of sp³-hybridized carbons (Fsp3) is 0.952. The van der Waals surface area contributed by atoms with E-state index in [0.29, 0.717) is 0 Å². The Balaban J connectivity index is 2.26. The molecule has 8 nitrogen and oxygen atoms in total. The second kappa shape index (κ2) is 8.53. The quantitative estimate of drug-likeness (QED) is 0.580. The number of halogens is 1. The summed E-state index contributed by atoms with van der Waals surface area (Å²) in [5.41, 5.74) is -2.08. The summed E-state index contributed by atoms with van der Waals surface area (Å²) in [6.07, 6.45) is -4.03. The van der Waals surface area contributed by atoms with E-state index in [1.165, 1.54) is 0 Å². The minimum atomic E-state index is -2.19. The van der Waals surface area contributed by atoms with Crippen molar-refractivity contribution in [2.75, 3.05) is 13.3 Å². The molecule has 10 heteroatoms. The van der Waals surface area contributed by atoms with Gasteiger partial charge in [-0.05, 0) is 52.8 Å². The lowest BCUT2D eigenvalue weighted by Gasteiger charge is -2.40. The van der Waals surface area contributed by atoms with Crippen LogP contribution in [0.5, 0.6) is 0 Å². The summed E-state index contributed by atoms with van der Waals surface area (Å²) >= 11 is 0. The first-order valence-electron chi connectivity index (χ1n) is 10.7. The molecule has 2 saturated heterocycles. The molecule has 31 heavy (non-hydrogen) atoms. The molecule has 0 aromatic carbocycles. The van der Waals surface area contributed by atoms with Crippen molar-refractivity contribution in [2.24, 2.45) is 0 Å². The van der Waals surface area contributed by atoms with E-state index in [9.17, 15) is 14.3 Å². The Morgan fingerprint density at radius 2 is 1.81 bits per heavy atom. The molecule has 2 rings (SSSR count). The predicted octanol–water partition coefficient (Wildman–Crippen LogP) is 3.48. The van der Waals surface area contributed by atoms with Crippen LogP contribution < -0.4 is 5.32 Å². The van der Waals surface area contributed by atoms with Gasteiger partial charge in [-0.2, -0.15) is 0 Å². The third-order valence-corrected chi connectivity index (χ3v) is 10.5. The van der Waals surface area contributed by atoms with Crippen LogP contribution in [0.1, 0.15) is 55.4 Å². The molecule has 0 spiro atoms. The Labute approximate surface area is 186 Å². The fourth-order valence-electron chi connectivity index (χ4n) is 3.48. The van der Waals surface area contributed by atoms with Crippen LogP contribution in [0.25, 0.3) is 0 Å². The van der Waals surface area contributed by atoms with E-state index in [1.54, 1.807) is 34.6 Å². The Hall–Kier alpha value is -0.783. The molecule has 0 aromatic heterocycles. The maximum absolute atomic E-state index is 14.0. The Kier molecular flexibility index (Phi) is 7.28. The van der Waals surface area contributed by atoms with Crippen LogP contribution in [0, 0.1) is 0 Å². The molecule has 2 heterocycles. The molecular weight excluding hydrogens is 425 g/mol. The zero-order valence-corrected chi connectivity index (χ0v) is 21.5. The summed E-state index contributed by atoms with van der Waals surface area (Å²) in [4.78, 5) is 12.2. The van der Waals surface area contributed by atoms with Crippen LogP contribution in [-0.4, -0.2) is 74.3 Å². The average Bonchev–Trinajstić information content (AvgIpc) is 2.97. The van der Waals surface area contributed by atoms with E-state index >= 15 is 0 Å². The first-order valence-corrected chi connectivity index (χ1v) is 13.7. The standard InChI is InChI=1S/C21H40FNO7Si/c1-18(2,3)29-17(25)23-13(11-22)14-15-21(16(24)27-14,30-20(7,8)28-15)12-26-31(9,10)19(4,5)6/h13-16,24H,11-12H2,1-10H3,(H,23,25)/t13-,14+,15-,16?,21-/m0/s1. The van der Waals surface area contributed by atoms with Gasteiger partial charge in [-0.3, -0.25) is 0 Å². The van der Waals surface area contributed by atoms with Crippen LogP contribution in [0.2, 0.25) is 18.1 Å². The number of hydrogen-bond acceptors (Lipinski definition) is 7. The van der Waals surface area contributed by atoms with Crippen LogP contribution in [0.15, 0.2) is 0 Å². The summed E-state index contributed by atoms with van der Waals surface area (Å²) in [5, 5.41) is 13.3. The minimum absolute atomic E-state index is 0.0285. The maximum atomic E-state index is 14.0. The third kappa shape index (κ3) is 5.78. The van der Waals surface area contributed by atoms with Crippen LogP contribution in [-0.2, 0) is 23.4 Å². The van der Waals surface area contributed by atoms with Crippen molar-refractivity contribution in [2.45, 2.75) is 115 Å². The number of fused-ring (bicyclic) bond motifs is 1. The summed E-state index contributed by atoms with van der Waals surface area (Å²) in [5.74, 6) is -1.04. The predicted molar refractivity (Wildman–Crippen MR) is 116 cm³/mol. The van der Waals surface area contributed by atoms with Crippen LogP contribution >= 0.6 is 0 Å². The second-order valence-corrected chi connectivity index (χ2v) is 16.2. The van der Waals surface area contributed by atoms with Crippen molar-refractivity contribution in [3.8, 4) is 0 Å². The third-order valence-electron chi connectivity index (χ3n) is 6.06. The van der Waals surface area contributed by atoms with Crippen LogP contribution in [0.3, 0.4) is 0 Å². The van der Waals surface area contributed by atoms with Crippen molar-refractivity contribution in [3.63, 3.8) is 0 Å². The zero-order valence-electron chi connectivity index (χ0n) is 20.5. The summed E-state index contributed by atoms with van der Waals surface area (Å²) in [6.45, 7) is 18.2. The lowest BCUT2D eigenvalue weighted by Crippen LogP contribution is -2.56. The van der Waals surface area contributed by atoms with E-state index in [4.69, 9.17) is 23.4 Å². The van der Waals surface area contributed by atoms with Gasteiger partial charge in [-0.1, -0.05) is 20.8 Å². The van der Waals surface area contributed by atoms with E-state index in [-0.39, 0.29) is 11.6 Å². The highest BCUT2D eigenvalue weighted by molar-refractivity contribution is 6.74. The minimum Gasteiger partial charge on any atom is -0.444 e. The van der Waals surface area contributed by atoms with Gasteiger partial charge in [0.15, 0.2) is 26.0 Å². The molecule has 2 N–H and O–H groups in total. The van der Waals surface area contributed by atoms with Gasteiger partial charge >= 0.3 is 6.09 Å². The van der Waals surface area contributed by atoms with Crippen LogP contribution in [0.4, 0.5) is 9.18 Å². The SMILES string of the molecule is CC(C)(C)OC(=O)N[C@@H](CF)[C@H]1OC(O)[C@@]2(CO[Si](C)(C)C(C)(C)C)OC(C)(C)O[C@@H]12. The Morgan fingerprint density at radius 1 is 1.23 bits per heavy atom.